The van der Waals surface area contributed by atoms with Crippen LogP contribution in [0, 0.1) is 0 Å². The number of aromatic hydroxyl groups is 1. The van der Waals surface area contributed by atoms with Crippen molar-refractivity contribution in [2.24, 2.45) is 0 Å². The number of halogens is 1. The van der Waals surface area contributed by atoms with Gasteiger partial charge in [0.1, 0.15) is 5.75 Å². The molecule has 1 aromatic carbocycles. The van der Waals surface area contributed by atoms with E-state index in [4.69, 9.17) is 11.6 Å². The predicted octanol–water partition coefficient (Wildman–Crippen LogP) is 2.62. The van der Waals surface area contributed by atoms with Gasteiger partial charge < -0.3 is 10.4 Å². The third-order valence-corrected chi connectivity index (χ3v) is 2.27. The quantitative estimate of drug-likeness (QED) is 0.803. The molecule has 1 rings (SSSR count). The number of para-hydroxylation sites is 1. The summed E-state index contributed by atoms with van der Waals surface area (Å²) >= 11 is 5.51. The standard InChI is InChI=1S/C11H14ClNO/c1-9(6-12)7-13-8-10-4-2-3-5-11(10)14/h2-6,13-14H,7-8H2,1H3/b9-6-. The minimum Gasteiger partial charge on any atom is -0.508 e. The van der Waals surface area contributed by atoms with Crippen LogP contribution in [0.25, 0.3) is 0 Å². The van der Waals surface area contributed by atoms with E-state index < -0.39 is 0 Å². The molecule has 3 heteroatoms. The lowest BCUT2D eigenvalue weighted by molar-refractivity contribution is 0.465. The minimum absolute atomic E-state index is 0.326. The van der Waals surface area contributed by atoms with Gasteiger partial charge in [-0.2, -0.15) is 0 Å². The first-order valence-electron chi connectivity index (χ1n) is 4.47. The SMILES string of the molecule is C/C(=C/Cl)CNCc1ccccc1O. The fourth-order valence-electron chi connectivity index (χ4n) is 1.09. The molecule has 14 heavy (non-hydrogen) atoms. The van der Waals surface area contributed by atoms with E-state index in [9.17, 15) is 5.11 Å². The van der Waals surface area contributed by atoms with Gasteiger partial charge in [-0.05, 0) is 18.6 Å². The lowest BCUT2D eigenvalue weighted by atomic mass is 10.2. The molecular formula is C11H14ClNO. The molecule has 1 aromatic rings. The molecule has 2 nitrogen and oxygen atoms in total. The highest BCUT2D eigenvalue weighted by atomic mass is 35.5. The van der Waals surface area contributed by atoms with E-state index >= 15 is 0 Å². The Balaban J connectivity index is 2.43. The van der Waals surface area contributed by atoms with Crippen molar-refractivity contribution in [3.05, 3.63) is 40.9 Å². The van der Waals surface area contributed by atoms with Crippen molar-refractivity contribution < 1.29 is 5.11 Å². The van der Waals surface area contributed by atoms with Gasteiger partial charge in [0.25, 0.3) is 0 Å². The first-order chi connectivity index (χ1) is 6.74. The maximum absolute atomic E-state index is 9.45. The number of hydrogen-bond donors (Lipinski definition) is 2. The highest BCUT2D eigenvalue weighted by Crippen LogP contribution is 2.14. The van der Waals surface area contributed by atoms with Crippen LogP contribution in [0.5, 0.6) is 5.75 Å². The first kappa shape index (κ1) is 11.1. The molecule has 0 saturated heterocycles. The van der Waals surface area contributed by atoms with Crippen LogP contribution in [0.2, 0.25) is 0 Å². The minimum atomic E-state index is 0.326. The van der Waals surface area contributed by atoms with Gasteiger partial charge >= 0.3 is 0 Å². The van der Waals surface area contributed by atoms with Crippen molar-refractivity contribution >= 4 is 11.6 Å². The van der Waals surface area contributed by atoms with Crippen molar-refractivity contribution in [3.63, 3.8) is 0 Å². The molecule has 0 atom stereocenters. The van der Waals surface area contributed by atoms with E-state index in [0.29, 0.717) is 12.3 Å². The molecule has 0 aliphatic carbocycles. The van der Waals surface area contributed by atoms with Crippen molar-refractivity contribution in [2.75, 3.05) is 6.54 Å². The molecule has 0 radical (unpaired) electrons. The molecule has 0 spiro atoms. The average Bonchev–Trinajstić information content (AvgIpc) is 2.20. The van der Waals surface area contributed by atoms with Crippen molar-refractivity contribution in [2.45, 2.75) is 13.5 Å². The first-order valence-corrected chi connectivity index (χ1v) is 4.91. The Morgan fingerprint density at radius 3 is 2.86 bits per heavy atom. The van der Waals surface area contributed by atoms with Crippen LogP contribution >= 0.6 is 11.6 Å². The Morgan fingerprint density at radius 1 is 1.50 bits per heavy atom. The summed E-state index contributed by atoms with van der Waals surface area (Å²) in [6.07, 6.45) is 0. The van der Waals surface area contributed by atoms with Gasteiger partial charge in [-0.15, -0.1) is 0 Å². The lowest BCUT2D eigenvalue weighted by Crippen LogP contribution is -2.15. The third-order valence-electron chi connectivity index (χ3n) is 1.90. The van der Waals surface area contributed by atoms with Gasteiger partial charge in [-0.25, -0.2) is 0 Å². The fraction of sp³-hybridized carbons (Fsp3) is 0.273. The largest absolute Gasteiger partial charge is 0.508 e. The van der Waals surface area contributed by atoms with E-state index in [1.807, 2.05) is 25.1 Å². The second-order valence-corrected chi connectivity index (χ2v) is 3.41. The number of phenolic OH excluding ortho intramolecular Hbond substituents is 1. The van der Waals surface area contributed by atoms with Crippen molar-refractivity contribution in [3.8, 4) is 5.75 Å². The Kier molecular flexibility index (Phi) is 4.50. The summed E-state index contributed by atoms with van der Waals surface area (Å²) < 4.78 is 0. The Bertz CT molecular complexity index is 323. The Hall–Kier alpha value is -0.990. The molecule has 0 amide bonds. The number of phenols is 1. The Morgan fingerprint density at radius 2 is 2.21 bits per heavy atom. The molecule has 0 aliphatic heterocycles. The van der Waals surface area contributed by atoms with Crippen molar-refractivity contribution in [1.29, 1.82) is 0 Å². The van der Waals surface area contributed by atoms with Gasteiger partial charge in [0.2, 0.25) is 0 Å². The second-order valence-electron chi connectivity index (χ2n) is 3.19. The van der Waals surface area contributed by atoms with Crippen LogP contribution in [-0.4, -0.2) is 11.7 Å². The smallest absolute Gasteiger partial charge is 0.120 e. The van der Waals surface area contributed by atoms with E-state index in [-0.39, 0.29) is 0 Å². The van der Waals surface area contributed by atoms with E-state index in [2.05, 4.69) is 5.32 Å². The molecule has 0 unspecified atom stereocenters. The molecule has 0 bridgehead atoms. The summed E-state index contributed by atoms with van der Waals surface area (Å²) in [6, 6.07) is 7.28. The third kappa shape index (κ3) is 3.40. The zero-order valence-electron chi connectivity index (χ0n) is 8.13. The van der Waals surface area contributed by atoms with Crippen LogP contribution in [0.1, 0.15) is 12.5 Å². The van der Waals surface area contributed by atoms with Crippen LogP contribution in [-0.2, 0) is 6.54 Å². The molecule has 0 saturated carbocycles. The topological polar surface area (TPSA) is 32.3 Å². The average molecular weight is 212 g/mol. The summed E-state index contributed by atoms with van der Waals surface area (Å²) in [5.41, 5.74) is 3.52. The molecule has 2 N–H and O–H groups in total. The predicted molar refractivity (Wildman–Crippen MR) is 59.4 cm³/mol. The van der Waals surface area contributed by atoms with Gasteiger partial charge in [0.15, 0.2) is 0 Å². The highest BCUT2D eigenvalue weighted by molar-refractivity contribution is 6.25. The molecule has 0 heterocycles. The van der Waals surface area contributed by atoms with Crippen LogP contribution < -0.4 is 5.32 Å². The second kappa shape index (κ2) is 5.68. The van der Waals surface area contributed by atoms with Gasteiger partial charge in [-0.3, -0.25) is 0 Å². The monoisotopic (exact) mass is 211 g/mol. The normalized spacial score (nSPS) is 11.7. The van der Waals surface area contributed by atoms with E-state index in [1.165, 1.54) is 0 Å². The van der Waals surface area contributed by atoms with Gasteiger partial charge in [-0.1, -0.05) is 29.8 Å². The summed E-state index contributed by atoms with van der Waals surface area (Å²) in [4.78, 5) is 0. The van der Waals surface area contributed by atoms with Crippen LogP contribution in [0.15, 0.2) is 35.4 Å². The van der Waals surface area contributed by atoms with Crippen LogP contribution in [0.3, 0.4) is 0 Å². The van der Waals surface area contributed by atoms with Crippen LogP contribution in [0.4, 0.5) is 0 Å². The molecule has 0 aromatic heterocycles. The summed E-state index contributed by atoms with van der Waals surface area (Å²) in [6.45, 7) is 3.33. The summed E-state index contributed by atoms with van der Waals surface area (Å²) in [7, 11) is 0. The molecule has 0 fully saturated rings. The number of benzene rings is 1. The highest BCUT2D eigenvalue weighted by Gasteiger charge is 1.97. The zero-order chi connectivity index (χ0) is 10.4. The summed E-state index contributed by atoms with van der Waals surface area (Å²) in [5, 5.41) is 12.6. The lowest BCUT2D eigenvalue weighted by Gasteiger charge is -2.06. The van der Waals surface area contributed by atoms with E-state index in [1.54, 1.807) is 11.6 Å². The molecular weight excluding hydrogens is 198 g/mol. The van der Waals surface area contributed by atoms with Gasteiger partial charge in [0, 0.05) is 24.2 Å². The maximum atomic E-state index is 9.45. The molecule has 0 aliphatic rings. The van der Waals surface area contributed by atoms with E-state index in [0.717, 1.165) is 17.7 Å². The maximum Gasteiger partial charge on any atom is 0.120 e. The summed E-state index contributed by atoms with van der Waals surface area (Å²) in [5.74, 6) is 0.326. The zero-order valence-corrected chi connectivity index (χ0v) is 8.88. The Labute approximate surface area is 89.2 Å². The number of rotatable bonds is 4. The number of nitrogens with one attached hydrogen (secondary N) is 1. The number of hydrogen-bond acceptors (Lipinski definition) is 2. The molecule has 76 valence electrons. The van der Waals surface area contributed by atoms with Crippen molar-refractivity contribution in [1.82, 2.24) is 5.32 Å². The van der Waals surface area contributed by atoms with Gasteiger partial charge in [0.05, 0.1) is 0 Å². The fourth-order valence-corrected chi connectivity index (χ4v) is 1.17.